The van der Waals surface area contributed by atoms with Crippen LogP contribution < -0.4 is 5.73 Å². The molecule has 0 aliphatic rings. The van der Waals surface area contributed by atoms with Crippen LogP contribution in [0.2, 0.25) is 0 Å². The van der Waals surface area contributed by atoms with Gasteiger partial charge in [0.25, 0.3) is 0 Å². The number of aromatic nitrogens is 1. The van der Waals surface area contributed by atoms with E-state index >= 15 is 0 Å². The lowest BCUT2D eigenvalue weighted by molar-refractivity contribution is 0.104. The Morgan fingerprint density at radius 2 is 2.12 bits per heavy atom. The molecule has 0 aromatic carbocycles. The molecule has 0 saturated heterocycles. The number of nitrogens with zero attached hydrogens (tertiary/aromatic N) is 1. The van der Waals surface area contributed by atoms with Gasteiger partial charge in [-0.05, 0) is 13.3 Å². The Hall–Kier alpha value is -0.450. The van der Waals surface area contributed by atoms with E-state index in [-0.39, 0.29) is 17.6 Å². The van der Waals surface area contributed by atoms with E-state index in [0.29, 0.717) is 0 Å². The van der Waals surface area contributed by atoms with Crippen LogP contribution in [-0.4, -0.2) is 24.2 Å². The minimum Gasteiger partial charge on any atom is -0.382 e. The van der Waals surface area contributed by atoms with Crippen LogP contribution in [0.15, 0.2) is 5.38 Å². The van der Waals surface area contributed by atoms with Gasteiger partial charge in [0.15, 0.2) is 0 Å². The summed E-state index contributed by atoms with van der Waals surface area (Å²) >= 11 is 1.71. The molecular weight excluding hydrogens is 232 g/mol. The Morgan fingerprint density at radius 3 is 2.59 bits per heavy atom. The summed E-state index contributed by atoms with van der Waals surface area (Å²) < 4.78 is 5.22. The Bertz CT molecular complexity index is 343. The molecule has 1 heterocycles. The first-order valence-electron chi connectivity index (χ1n) is 6.06. The monoisotopic (exact) mass is 256 g/mol. The van der Waals surface area contributed by atoms with E-state index in [0.717, 1.165) is 23.5 Å². The highest BCUT2D eigenvalue weighted by atomic mass is 32.1. The maximum atomic E-state index is 6.09. The van der Waals surface area contributed by atoms with E-state index in [1.807, 2.05) is 6.92 Å². The van der Waals surface area contributed by atoms with Gasteiger partial charge in [0.05, 0.1) is 16.8 Å². The fourth-order valence-corrected chi connectivity index (χ4v) is 2.69. The van der Waals surface area contributed by atoms with Gasteiger partial charge < -0.3 is 10.5 Å². The highest BCUT2D eigenvalue weighted by molar-refractivity contribution is 7.09. The third-order valence-electron chi connectivity index (χ3n) is 2.79. The maximum absolute atomic E-state index is 6.09. The summed E-state index contributed by atoms with van der Waals surface area (Å²) in [5.41, 5.74) is 7.37. The van der Waals surface area contributed by atoms with Gasteiger partial charge in [-0.15, -0.1) is 11.3 Å². The van der Waals surface area contributed by atoms with Crippen molar-refractivity contribution in [2.75, 3.05) is 7.11 Å². The molecule has 1 aromatic heterocycles. The first-order valence-corrected chi connectivity index (χ1v) is 6.94. The highest BCUT2D eigenvalue weighted by Gasteiger charge is 2.18. The van der Waals surface area contributed by atoms with Crippen molar-refractivity contribution in [3.8, 4) is 0 Å². The molecule has 4 heteroatoms. The van der Waals surface area contributed by atoms with Crippen LogP contribution in [0.25, 0.3) is 0 Å². The number of nitrogens with two attached hydrogens (primary N) is 1. The fourth-order valence-electron chi connectivity index (χ4n) is 1.58. The molecule has 1 aromatic rings. The van der Waals surface area contributed by atoms with Crippen molar-refractivity contribution in [1.29, 1.82) is 0 Å². The largest absolute Gasteiger partial charge is 0.382 e. The van der Waals surface area contributed by atoms with Crippen LogP contribution in [-0.2, 0) is 16.6 Å². The molecule has 0 amide bonds. The molecule has 17 heavy (non-hydrogen) atoms. The van der Waals surface area contributed by atoms with E-state index in [2.05, 4.69) is 31.1 Å². The van der Waals surface area contributed by atoms with E-state index in [4.69, 9.17) is 10.5 Å². The summed E-state index contributed by atoms with van der Waals surface area (Å²) in [5.74, 6) is 0. The Labute approximate surface area is 108 Å². The lowest BCUT2D eigenvalue weighted by Gasteiger charge is -2.16. The van der Waals surface area contributed by atoms with Crippen molar-refractivity contribution in [1.82, 2.24) is 4.98 Å². The van der Waals surface area contributed by atoms with Crippen molar-refractivity contribution in [2.24, 2.45) is 5.73 Å². The van der Waals surface area contributed by atoms with Crippen LogP contribution in [0.4, 0.5) is 0 Å². The van der Waals surface area contributed by atoms with Crippen molar-refractivity contribution in [3.63, 3.8) is 0 Å². The number of hydrogen-bond donors (Lipinski definition) is 1. The third kappa shape index (κ3) is 4.74. The number of methoxy groups -OCH3 is 1. The average Bonchev–Trinajstić information content (AvgIpc) is 2.65. The maximum Gasteiger partial charge on any atom is 0.0943 e. The van der Waals surface area contributed by atoms with Crippen molar-refractivity contribution >= 4 is 11.3 Å². The third-order valence-corrected chi connectivity index (χ3v) is 3.67. The molecule has 98 valence electrons. The summed E-state index contributed by atoms with van der Waals surface area (Å²) in [6.45, 7) is 8.58. The summed E-state index contributed by atoms with van der Waals surface area (Å²) in [7, 11) is 1.72. The van der Waals surface area contributed by atoms with Gasteiger partial charge in [0, 0.05) is 30.4 Å². The van der Waals surface area contributed by atoms with Gasteiger partial charge in [-0.25, -0.2) is 4.98 Å². The van der Waals surface area contributed by atoms with E-state index in [1.165, 1.54) is 0 Å². The van der Waals surface area contributed by atoms with E-state index in [1.54, 1.807) is 18.4 Å². The quantitative estimate of drug-likeness (QED) is 0.881. The SMILES string of the molecule is COC(C)CC(N)Cc1nc(C(C)(C)C)cs1. The number of thiazole rings is 1. The molecule has 0 radical (unpaired) electrons. The zero-order valence-corrected chi connectivity index (χ0v) is 12.3. The molecule has 0 fully saturated rings. The van der Waals surface area contributed by atoms with E-state index in [9.17, 15) is 0 Å². The topological polar surface area (TPSA) is 48.1 Å². The minimum atomic E-state index is 0.124. The van der Waals surface area contributed by atoms with Crippen LogP contribution >= 0.6 is 11.3 Å². The molecule has 2 atom stereocenters. The van der Waals surface area contributed by atoms with Crippen LogP contribution in [0.3, 0.4) is 0 Å². The van der Waals surface area contributed by atoms with Crippen LogP contribution in [0, 0.1) is 0 Å². The minimum absolute atomic E-state index is 0.124. The van der Waals surface area contributed by atoms with Gasteiger partial charge in [0.2, 0.25) is 0 Å². The molecule has 0 aliphatic heterocycles. The second kappa shape index (κ2) is 5.94. The molecule has 3 nitrogen and oxygen atoms in total. The van der Waals surface area contributed by atoms with Gasteiger partial charge in [-0.1, -0.05) is 20.8 Å². The standard InChI is InChI=1S/C13H24N2OS/c1-9(16-5)6-10(14)7-12-15-11(8-17-12)13(2,3)4/h8-10H,6-7,14H2,1-5H3. The molecule has 0 aliphatic carbocycles. The number of rotatable bonds is 5. The molecule has 2 N–H and O–H groups in total. The molecular formula is C13H24N2OS. The zero-order chi connectivity index (χ0) is 13.1. The average molecular weight is 256 g/mol. The fraction of sp³-hybridized carbons (Fsp3) is 0.769. The predicted octanol–water partition coefficient (Wildman–Crippen LogP) is 2.74. The van der Waals surface area contributed by atoms with Crippen LogP contribution in [0.1, 0.15) is 44.8 Å². The van der Waals surface area contributed by atoms with Crippen molar-refractivity contribution < 1.29 is 4.74 Å². The number of ether oxygens (including phenoxy) is 1. The van der Waals surface area contributed by atoms with Crippen molar-refractivity contribution in [3.05, 3.63) is 16.1 Å². The first kappa shape index (κ1) is 14.6. The molecule has 0 spiro atoms. The molecule has 0 bridgehead atoms. The van der Waals surface area contributed by atoms with Crippen LogP contribution in [0.5, 0.6) is 0 Å². The molecule has 1 rings (SSSR count). The molecule has 0 saturated carbocycles. The Morgan fingerprint density at radius 1 is 1.47 bits per heavy atom. The summed E-state index contributed by atoms with van der Waals surface area (Å²) in [4.78, 5) is 4.65. The van der Waals surface area contributed by atoms with Gasteiger partial charge >= 0.3 is 0 Å². The lowest BCUT2D eigenvalue weighted by Crippen LogP contribution is -2.28. The van der Waals surface area contributed by atoms with E-state index < -0.39 is 0 Å². The Balaban J connectivity index is 2.55. The summed E-state index contributed by atoms with van der Waals surface area (Å²) in [6, 6.07) is 0.129. The second-order valence-corrected chi connectivity index (χ2v) is 6.57. The number of hydrogen-bond acceptors (Lipinski definition) is 4. The van der Waals surface area contributed by atoms with Gasteiger partial charge in [0.1, 0.15) is 0 Å². The smallest absolute Gasteiger partial charge is 0.0943 e. The zero-order valence-electron chi connectivity index (χ0n) is 11.5. The molecule has 2 unspecified atom stereocenters. The Kier molecular flexibility index (Phi) is 5.10. The summed E-state index contributed by atoms with van der Waals surface area (Å²) in [6.07, 6.45) is 1.93. The van der Waals surface area contributed by atoms with Gasteiger partial charge in [-0.2, -0.15) is 0 Å². The second-order valence-electron chi connectivity index (χ2n) is 5.62. The predicted molar refractivity (Wildman–Crippen MR) is 73.6 cm³/mol. The van der Waals surface area contributed by atoms with Gasteiger partial charge in [-0.3, -0.25) is 0 Å². The highest BCUT2D eigenvalue weighted by Crippen LogP contribution is 2.24. The summed E-state index contributed by atoms with van der Waals surface area (Å²) in [5, 5.41) is 3.27. The lowest BCUT2D eigenvalue weighted by atomic mass is 9.93. The van der Waals surface area contributed by atoms with Crippen molar-refractivity contribution in [2.45, 2.75) is 58.1 Å². The first-order chi connectivity index (χ1) is 7.82. The normalized spacial score (nSPS) is 15.9.